The largest absolute Gasteiger partial charge is 0.0950 e. The third-order valence-corrected chi connectivity index (χ3v) is 12.1. The second-order valence-electron chi connectivity index (χ2n) is 9.29. The second kappa shape index (κ2) is 8.05. The van der Waals surface area contributed by atoms with Crippen molar-refractivity contribution < 1.29 is 0 Å². The molecule has 1 saturated carbocycles. The number of hydrogen-bond acceptors (Lipinski definition) is 0. The molecule has 0 nitrogen and oxygen atoms in total. The topological polar surface area (TPSA) is 0 Å². The van der Waals surface area contributed by atoms with Gasteiger partial charge in [-0.3, -0.25) is 0 Å². The van der Waals surface area contributed by atoms with E-state index < -0.39 is 0 Å². The normalized spacial score (nSPS) is 22.9. The van der Waals surface area contributed by atoms with Gasteiger partial charge in [-0.1, -0.05) is 106 Å². The third-order valence-electron chi connectivity index (χ3n) is 5.20. The van der Waals surface area contributed by atoms with Gasteiger partial charge in [0.15, 0.2) is 0 Å². The summed E-state index contributed by atoms with van der Waals surface area (Å²) in [6.07, 6.45) is 26.9. The molecule has 0 bridgehead atoms. The first-order valence-electron chi connectivity index (χ1n) is 9.68. The molecule has 1 fully saturated rings. The molecule has 0 spiro atoms. The van der Waals surface area contributed by atoms with Crippen molar-refractivity contribution in [2.75, 3.05) is 6.16 Å². The highest BCUT2D eigenvalue weighted by molar-refractivity contribution is 7.64. The SMILES string of the molecule is CC(C)(C)P(C[C]1[CH][CH][CH][C]1P(C1C=CC=C1)C1C=CC=C1)C(C)(C)C. The van der Waals surface area contributed by atoms with E-state index in [9.17, 15) is 0 Å². The van der Waals surface area contributed by atoms with Crippen molar-refractivity contribution >= 4 is 15.8 Å². The van der Waals surface area contributed by atoms with Crippen LogP contribution in [0.3, 0.4) is 0 Å². The molecule has 0 unspecified atom stereocenters. The van der Waals surface area contributed by atoms with Crippen molar-refractivity contribution in [3.63, 3.8) is 0 Å². The van der Waals surface area contributed by atoms with Crippen LogP contribution in [-0.4, -0.2) is 27.8 Å². The van der Waals surface area contributed by atoms with E-state index >= 15 is 0 Å². The molecular formula is C24H33P2. The van der Waals surface area contributed by atoms with E-state index in [0.717, 1.165) is 0 Å². The Morgan fingerprint density at radius 1 is 0.731 bits per heavy atom. The Morgan fingerprint density at radius 2 is 1.19 bits per heavy atom. The first-order valence-corrected chi connectivity index (χ1v) is 12.7. The highest BCUT2D eigenvalue weighted by Gasteiger charge is 2.44. The number of allylic oxidation sites excluding steroid dienone is 8. The molecule has 0 aromatic heterocycles. The van der Waals surface area contributed by atoms with Gasteiger partial charge in [-0.05, 0) is 41.7 Å². The lowest BCUT2D eigenvalue weighted by Gasteiger charge is -2.44. The molecule has 3 rings (SSSR count). The zero-order chi connectivity index (χ0) is 18.9. The summed E-state index contributed by atoms with van der Waals surface area (Å²) in [5.74, 6) is 1.61. The molecule has 0 aliphatic heterocycles. The number of rotatable bonds is 5. The van der Waals surface area contributed by atoms with E-state index in [0.29, 0.717) is 21.6 Å². The predicted octanol–water partition coefficient (Wildman–Crippen LogP) is 7.27. The molecule has 0 aromatic rings. The first-order chi connectivity index (χ1) is 12.2. The van der Waals surface area contributed by atoms with Gasteiger partial charge in [-0.25, -0.2) is 0 Å². The lowest BCUT2D eigenvalue weighted by Crippen LogP contribution is -2.29. The zero-order valence-corrected chi connectivity index (χ0v) is 18.9. The van der Waals surface area contributed by atoms with Gasteiger partial charge < -0.3 is 0 Å². The van der Waals surface area contributed by atoms with Gasteiger partial charge >= 0.3 is 0 Å². The molecule has 0 atom stereocenters. The van der Waals surface area contributed by atoms with E-state index in [1.54, 1.807) is 11.6 Å². The highest BCUT2D eigenvalue weighted by atomic mass is 31.1. The highest BCUT2D eigenvalue weighted by Crippen LogP contribution is 2.69. The molecular weight excluding hydrogens is 350 g/mol. The van der Waals surface area contributed by atoms with Crippen LogP contribution in [0.1, 0.15) is 41.5 Å². The molecule has 3 aliphatic rings. The summed E-state index contributed by atoms with van der Waals surface area (Å²) in [4.78, 5) is 0. The van der Waals surface area contributed by atoms with Gasteiger partial charge in [0.25, 0.3) is 0 Å². The van der Waals surface area contributed by atoms with E-state index in [1.165, 1.54) is 6.16 Å². The van der Waals surface area contributed by atoms with Crippen LogP contribution in [0.4, 0.5) is 0 Å². The predicted molar refractivity (Wildman–Crippen MR) is 122 cm³/mol. The quantitative estimate of drug-likeness (QED) is 0.438. The minimum Gasteiger partial charge on any atom is -0.0950 e. The van der Waals surface area contributed by atoms with Crippen LogP contribution in [0.25, 0.3) is 0 Å². The molecule has 0 aromatic carbocycles. The minimum atomic E-state index is -0.281. The summed E-state index contributed by atoms with van der Waals surface area (Å²) in [5.41, 5.74) is 2.77. The standard InChI is InChI=1S/C24H33P2/c1-23(2,3)25(24(4,5)6)18-19-12-11-17-22(19)26(20-13-7-8-14-20)21-15-9-10-16-21/h7-17,20-21H,18H2,1-6H3. The van der Waals surface area contributed by atoms with E-state index in [1.807, 2.05) is 0 Å². The van der Waals surface area contributed by atoms with Crippen molar-refractivity contribution in [2.45, 2.75) is 63.2 Å². The van der Waals surface area contributed by atoms with Crippen LogP contribution in [0.2, 0.25) is 0 Å². The summed E-state index contributed by atoms with van der Waals surface area (Å²) in [6.45, 7) is 14.6. The summed E-state index contributed by atoms with van der Waals surface area (Å²) in [7, 11) is -0.401. The van der Waals surface area contributed by atoms with E-state index in [-0.39, 0.29) is 15.8 Å². The van der Waals surface area contributed by atoms with Crippen LogP contribution in [0, 0.1) is 30.8 Å². The fraction of sp³-hybridized carbons (Fsp3) is 0.458. The Labute approximate surface area is 164 Å². The van der Waals surface area contributed by atoms with Crippen LogP contribution < -0.4 is 0 Å². The molecule has 2 heteroatoms. The summed E-state index contributed by atoms with van der Waals surface area (Å²) >= 11 is 0. The summed E-state index contributed by atoms with van der Waals surface area (Å²) in [5, 5.41) is 0.733. The van der Waals surface area contributed by atoms with Gasteiger partial charge in [-0.2, -0.15) is 0 Å². The lowest BCUT2D eigenvalue weighted by atomic mass is 10.1. The molecule has 26 heavy (non-hydrogen) atoms. The Balaban J connectivity index is 1.83. The smallest absolute Gasteiger partial charge is 0.0170 e. The third kappa shape index (κ3) is 4.62. The molecule has 0 heterocycles. The van der Waals surface area contributed by atoms with Crippen molar-refractivity contribution in [3.05, 3.63) is 79.4 Å². The Kier molecular flexibility index (Phi) is 6.36. The minimum absolute atomic E-state index is 0.120. The lowest BCUT2D eigenvalue weighted by molar-refractivity contribution is 0.704. The van der Waals surface area contributed by atoms with Crippen molar-refractivity contribution in [1.82, 2.24) is 0 Å². The molecule has 3 aliphatic carbocycles. The maximum Gasteiger partial charge on any atom is 0.0170 e. The fourth-order valence-electron chi connectivity index (χ4n) is 4.22. The van der Waals surface area contributed by atoms with Gasteiger partial charge in [0.2, 0.25) is 0 Å². The van der Waals surface area contributed by atoms with E-state index in [4.69, 9.17) is 0 Å². The average Bonchev–Trinajstić information content (AvgIpc) is 3.27. The van der Waals surface area contributed by atoms with Crippen molar-refractivity contribution in [3.8, 4) is 0 Å². The van der Waals surface area contributed by atoms with Crippen molar-refractivity contribution in [1.29, 1.82) is 0 Å². The second-order valence-corrected chi connectivity index (χ2v) is 15.6. The van der Waals surface area contributed by atoms with Gasteiger partial charge in [0.05, 0.1) is 0 Å². The van der Waals surface area contributed by atoms with Gasteiger partial charge in [0.1, 0.15) is 0 Å². The fourth-order valence-corrected chi connectivity index (χ4v) is 10.8. The van der Waals surface area contributed by atoms with Gasteiger partial charge in [-0.15, -0.1) is 0 Å². The molecule has 0 saturated heterocycles. The average molecular weight is 383 g/mol. The molecule has 5 radical (unpaired) electrons. The Morgan fingerprint density at radius 3 is 1.62 bits per heavy atom. The summed E-state index contributed by atoms with van der Waals surface area (Å²) < 4.78 is 0. The van der Waals surface area contributed by atoms with Crippen LogP contribution >= 0.6 is 15.8 Å². The molecule has 0 N–H and O–H groups in total. The van der Waals surface area contributed by atoms with Crippen LogP contribution in [0.5, 0.6) is 0 Å². The Bertz CT molecular complexity index is 531. The molecule has 0 amide bonds. The summed E-state index contributed by atoms with van der Waals surface area (Å²) in [6, 6.07) is 0. The van der Waals surface area contributed by atoms with E-state index in [2.05, 4.69) is 109 Å². The van der Waals surface area contributed by atoms with Crippen LogP contribution in [-0.2, 0) is 0 Å². The maximum atomic E-state index is 2.43. The van der Waals surface area contributed by atoms with Gasteiger partial charge in [0, 0.05) is 17.0 Å². The monoisotopic (exact) mass is 383 g/mol. The maximum absolute atomic E-state index is 2.43. The number of hydrogen-bond donors (Lipinski definition) is 0. The zero-order valence-electron chi connectivity index (χ0n) is 17.1. The Hall–Kier alpha value is -0.180. The first kappa shape index (κ1) is 20.6. The van der Waals surface area contributed by atoms with Crippen molar-refractivity contribution in [2.24, 2.45) is 0 Å². The van der Waals surface area contributed by atoms with Crippen LogP contribution in [0.15, 0.2) is 48.6 Å². The molecule has 139 valence electrons.